The minimum atomic E-state index is -3.74. The van der Waals surface area contributed by atoms with Gasteiger partial charge in [0.05, 0.1) is 12.0 Å². The van der Waals surface area contributed by atoms with Crippen LogP contribution in [0.1, 0.15) is 5.56 Å². The van der Waals surface area contributed by atoms with Gasteiger partial charge in [0.1, 0.15) is 11.5 Å². The number of esters is 1. The number of rotatable bonds is 5. The van der Waals surface area contributed by atoms with E-state index in [1.807, 2.05) is 0 Å². The summed E-state index contributed by atoms with van der Waals surface area (Å²) in [5.74, 6) is -0.633. The number of hydrogen-bond acceptors (Lipinski definition) is 5. The molecule has 0 spiro atoms. The number of likely N-dealkylation sites (N-methyl/N-ethyl adjacent to an activating group) is 1. The lowest BCUT2D eigenvalue weighted by Gasteiger charge is -2.15. The molecule has 2 N–H and O–H groups in total. The summed E-state index contributed by atoms with van der Waals surface area (Å²) in [7, 11) is -1.24. The molecule has 8 heteroatoms. The number of carbonyl (C=O) groups is 1. The molecule has 0 aliphatic carbocycles. The summed E-state index contributed by atoms with van der Waals surface area (Å²) in [5.41, 5.74) is 6.00. The van der Waals surface area contributed by atoms with Gasteiger partial charge in [0, 0.05) is 12.6 Å². The van der Waals surface area contributed by atoms with Crippen LogP contribution in [0.5, 0.6) is 0 Å². The minimum Gasteiger partial charge on any atom is -0.468 e. The number of carbonyl (C=O) groups excluding carboxylic acids is 1. The highest BCUT2D eigenvalue weighted by atomic mass is 32.2. The first kappa shape index (κ1) is 15.5. The zero-order valence-electron chi connectivity index (χ0n) is 10.5. The van der Waals surface area contributed by atoms with Crippen LogP contribution < -0.4 is 5.73 Å². The van der Waals surface area contributed by atoms with Crippen molar-refractivity contribution in [3.8, 4) is 0 Å². The molecule has 1 aromatic carbocycles. The lowest BCUT2D eigenvalue weighted by Crippen LogP contribution is -2.32. The zero-order valence-corrected chi connectivity index (χ0v) is 12.1. The van der Waals surface area contributed by atoms with Gasteiger partial charge in [-0.1, -0.05) is 24.4 Å². The first-order valence-corrected chi connectivity index (χ1v) is 7.07. The number of nitrogens with two attached hydrogens (primary N) is 1. The van der Waals surface area contributed by atoms with Crippen molar-refractivity contribution in [2.24, 2.45) is 5.73 Å². The van der Waals surface area contributed by atoms with Gasteiger partial charge in [-0.05, 0) is 12.1 Å². The van der Waals surface area contributed by atoms with Crippen LogP contribution in [0.3, 0.4) is 0 Å². The maximum absolute atomic E-state index is 12.1. The third-order valence-electron chi connectivity index (χ3n) is 2.43. The van der Waals surface area contributed by atoms with E-state index in [0.717, 1.165) is 4.31 Å². The predicted molar refractivity (Wildman–Crippen MR) is 74.2 cm³/mol. The summed E-state index contributed by atoms with van der Waals surface area (Å²) in [6.45, 7) is -0.351. The summed E-state index contributed by atoms with van der Waals surface area (Å²) in [6.07, 6.45) is 0. The van der Waals surface area contributed by atoms with Crippen LogP contribution in [0.2, 0.25) is 0 Å². The number of methoxy groups -OCH3 is 1. The highest BCUT2D eigenvalue weighted by molar-refractivity contribution is 7.89. The van der Waals surface area contributed by atoms with E-state index in [0.29, 0.717) is 5.56 Å². The minimum absolute atomic E-state index is 0.0545. The normalized spacial score (nSPS) is 11.3. The van der Waals surface area contributed by atoms with E-state index in [9.17, 15) is 13.2 Å². The fraction of sp³-hybridized carbons (Fsp3) is 0.273. The van der Waals surface area contributed by atoms with Gasteiger partial charge in [-0.2, -0.15) is 4.31 Å². The first-order valence-electron chi connectivity index (χ1n) is 5.22. The number of ether oxygens (including phenoxy) is 1. The highest BCUT2D eigenvalue weighted by Crippen LogP contribution is 2.15. The van der Waals surface area contributed by atoms with Crippen molar-refractivity contribution < 1.29 is 17.9 Å². The number of benzene rings is 1. The topological polar surface area (TPSA) is 89.7 Å². The van der Waals surface area contributed by atoms with E-state index < -0.39 is 16.0 Å². The number of nitrogens with zero attached hydrogens (tertiary/aromatic N) is 1. The molecule has 0 aliphatic rings. The highest BCUT2D eigenvalue weighted by Gasteiger charge is 2.23. The van der Waals surface area contributed by atoms with Gasteiger partial charge < -0.3 is 10.5 Å². The number of thiocarbonyl (C=S) groups is 1. The van der Waals surface area contributed by atoms with Crippen LogP contribution in [0, 0.1) is 0 Å². The van der Waals surface area contributed by atoms with Gasteiger partial charge in [-0.25, -0.2) is 8.42 Å². The molecular formula is C11H14N2O4S2. The quantitative estimate of drug-likeness (QED) is 0.613. The molecule has 0 aromatic heterocycles. The third-order valence-corrected chi connectivity index (χ3v) is 4.48. The average Bonchev–Trinajstić information content (AvgIpc) is 2.38. The largest absolute Gasteiger partial charge is 0.468 e. The third kappa shape index (κ3) is 3.72. The second kappa shape index (κ2) is 6.09. The Labute approximate surface area is 117 Å². The summed E-state index contributed by atoms with van der Waals surface area (Å²) in [5, 5.41) is 0. The van der Waals surface area contributed by atoms with Crippen LogP contribution in [-0.2, 0) is 19.6 Å². The fourth-order valence-corrected chi connectivity index (χ4v) is 2.55. The van der Waals surface area contributed by atoms with Gasteiger partial charge in [0.25, 0.3) is 0 Å². The van der Waals surface area contributed by atoms with Crippen LogP contribution in [0.4, 0.5) is 0 Å². The molecule has 0 heterocycles. The van der Waals surface area contributed by atoms with Crippen LogP contribution in [0.15, 0.2) is 29.2 Å². The molecule has 0 saturated heterocycles. The smallest absolute Gasteiger partial charge is 0.321 e. The van der Waals surface area contributed by atoms with Crippen molar-refractivity contribution in [3.05, 3.63) is 29.8 Å². The molecule has 104 valence electrons. The molecule has 0 radical (unpaired) electrons. The zero-order chi connectivity index (χ0) is 14.6. The van der Waals surface area contributed by atoms with E-state index >= 15 is 0 Å². The Morgan fingerprint density at radius 3 is 2.32 bits per heavy atom. The Bertz CT molecular complexity index is 581. The SMILES string of the molecule is COC(=O)CN(C)S(=O)(=O)c1ccc(C(N)=S)cc1. The van der Waals surface area contributed by atoms with Crippen molar-refractivity contribution in [3.63, 3.8) is 0 Å². The van der Waals surface area contributed by atoms with Gasteiger partial charge in [0.15, 0.2) is 0 Å². The van der Waals surface area contributed by atoms with Crippen molar-refractivity contribution in [1.82, 2.24) is 4.31 Å². The fourth-order valence-electron chi connectivity index (χ4n) is 1.30. The van der Waals surface area contributed by atoms with Crippen molar-refractivity contribution in [2.45, 2.75) is 4.90 Å². The molecule has 6 nitrogen and oxygen atoms in total. The van der Waals surface area contributed by atoms with E-state index in [1.165, 1.54) is 38.4 Å². The molecule has 0 unspecified atom stereocenters. The number of sulfonamides is 1. The molecule has 19 heavy (non-hydrogen) atoms. The van der Waals surface area contributed by atoms with Crippen molar-refractivity contribution >= 4 is 33.2 Å². The van der Waals surface area contributed by atoms with Crippen LogP contribution >= 0.6 is 12.2 Å². The molecule has 0 saturated carbocycles. The summed E-state index contributed by atoms with van der Waals surface area (Å²) < 4.78 is 29.6. The van der Waals surface area contributed by atoms with E-state index in [1.54, 1.807) is 0 Å². The van der Waals surface area contributed by atoms with E-state index in [4.69, 9.17) is 18.0 Å². The van der Waals surface area contributed by atoms with Crippen LogP contribution in [-0.4, -0.2) is 44.4 Å². The monoisotopic (exact) mass is 302 g/mol. The summed E-state index contributed by atoms with van der Waals surface area (Å²) >= 11 is 4.78. The molecule has 0 aliphatic heterocycles. The molecule has 0 amide bonds. The van der Waals surface area contributed by atoms with E-state index in [-0.39, 0.29) is 16.4 Å². The Hall–Kier alpha value is -1.51. The molecule has 1 aromatic rings. The summed E-state index contributed by atoms with van der Waals surface area (Å²) in [4.78, 5) is 11.3. The lowest BCUT2D eigenvalue weighted by molar-refractivity contribution is -0.140. The van der Waals surface area contributed by atoms with Crippen molar-refractivity contribution in [1.29, 1.82) is 0 Å². The number of hydrogen-bond donors (Lipinski definition) is 1. The lowest BCUT2D eigenvalue weighted by atomic mass is 10.2. The first-order chi connectivity index (χ1) is 8.78. The molecular weight excluding hydrogens is 288 g/mol. The van der Waals surface area contributed by atoms with Gasteiger partial charge in [-0.15, -0.1) is 0 Å². The Balaban J connectivity index is 3.00. The van der Waals surface area contributed by atoms with Gasteiger partial charge in [-0.3, -0.25) is 4.79 Å². The van der Waals surface area contributed by atoms with Gasteiger partial charge in [0.2, 0.25) is 10.0 Å². The molecule has 0 bridgehead atoms. The molecule has 1 rings (SSSR count). The summed E-state index contributed by atoms with van der Waals surface area (Å²) in [6, 6.07) is 5.80. The average molecular weight is 302 g/mol. The van der Waals surface area contributed by atoms with Crippen molar-refractivity contribution in [2.75, 3.05) is 20.7 Å². The Morgan fingerprint density at radius 1 is 1.37 bits per heavy atom. The molecule has 0 atom stereocenters. The Morgan fingerprint density at radius 2 is 1.89 bits per heavy atom. The van der Waals surface area contributed by atoms with E-state index in [2.05, 4.69) is 4.74 Å². The predicted octanol–water partition coefficient (Wildman–Crippen LogP) is 0.114. The Kier molecular flexibility index (Phi) is 4.98. The van der Waals surface area contributed by atoms with Gasteiger partial charge >= 0.3 is 5.97 Å². The van der Waals surface area contributed by atoms with Crippen LogP contribution in [0.25, 0.3) is 0 Å². The standard InChI is InChI=1S/C11H14N2O4S2/c1-13(7-10(14)17-2)19(15,16)9-5-3-8(4-6-9)11(12)18/h3-6H,7H2,1-2H3,(H2,12,18). The second-order valence-corrected chi connectivity index (χ2v) is 6.21. The maximum Gasteiger partial charge on any atom is 0.321 e. The second-order valence-electron chi connectivity index (χ2n) is 3.73. The maximum atomic E-state index is 12.1. The molecule has 0 fully saturated rings.